The van der Waals surface area contributed by atoms with E-state index in [1.54, 1.807) is 0 Å². The number of piperidine rings is 1. The lowest BCUT2D eigenvalue weighted by Gasteiger charge is -2.34. The first kappa shape index (κ1) is 16.9. The Balaban J connectivity index is 1.45. The van der Waals surface area contributed by atoms with Crippen molar-refractivity contribution in [3.63, 3.8) is 0 Å². The highest BCUT2D eigenvalue weighted by Gasteiger charge is 2.33. The molecule has 0 saturated carbocycles. The second-order valence-corrected chi connectivity index (χ2v) is 7.61. The van der Waals surface area contributed by atoms with Crippen molar-refractivity contribution >= 4 is 0 Å². The van der Waals surface area contributed by atoms with Crippen molar-refractivity contribution in [3.05, 3.63) is 29.6 Å². The highest BCUT2D eigenvalue weighted by Crippen LogP contribution is 2.27. The van der Waals surface area contributed by atoms with E-state index in [-0.39, 0.29) is 0 Å². The van der Waals surface area contributed by atoms with Crippen LogP contribution in [0.1, 0.15) is 51.3 Å². The molecule has 1 aromatic rings. The van der Waals surface area contributed by atoms with Crippen molar-refractivity contribution in [3.8, 4) is 0 Å². The highest BCUT2D eigenvalue weighted by molar-refractivity contribution is 5.13. The van der Waals surface area contributed by atoms with Crippen molar-refractivity contribution in [1.29, 1.82) is 0 Å². The van der Waals surface area contributed by atoms with E-state index in [2.05, 4.69) is 53.6 Å². The first-order valence-corrected chi connectivity index (χ1v) is 9.33. The molecule has 0 amide bonds. The molecule has 4 nitrogen and oxygen atoms in total. The first-order chi connectivity index (χ1) is 11.2. The van der Waals surface area contributed by atoms with E-state index in [0.717, 1.165) is 18.9 Å². The summed E-state index contributed by atoms with van der Waals surface area (Å²) in [5.74, 6) is 1.53. The number of likely N-dealkylation sites (tertiary alicyclic amines) is 1. The zero-order valence-electron chi connectivity index (χ0n) is 14.9. The van der Waals surface area contributed by atoms with Gasteiger partial charge in [0.25, 0.3) is 0 Å². The Bertz CT molecular complexity index is 477. The van der Waals surface area contributed by atoms with Gasteiger partial charge in [0.1, 0.15) is 0 Å². The summed E-state index contributed by atoms with van der Waals surface area (Å²) >= 11 is 0. The smallest absolute Gasteiger partial charge is 0.0544 e. The molecule has 2 atom stereocenters. The third-order valence-electron chi connectivity index (χ3n) is 5.65. The number of aryl methyl sites for hydroxylation is 1. The normalized spacial score (nSPS) is 27.0. The molecule has 2 aliphatic heterocycles. The Kier molecular flexibility index (Phi) is 5.67. The largest absolute Gasteiger partial charge is 0.297 e. The predicted octanol–water partition coefficient (Wildman–Crippen LogP) is 2.75. The third kappa shape index (κ3) is 4.31. The van der Waals surface area contributed by atoms with Crippen LogP contribution in [-0.2, 0) is 13.0 Å². The van der Waals surface area contributed by atoms with Crippen LogP contribution >= 0.6 is 0 Å². The van der Waals surface area contributed by atoms with Crippen molar-refractivity contribution < 1.29 is 0 Å². The van der Waals surface area contributed by atoms with E-state index in [4.69, 9.17) is 0 Å². The lowest BCUT2D eigenvalue weighted by molar-refractivity contribution is 0.154. The number of nitrogens with zero attached hydrogens (tertiary/aromatic N) is 2. The average molecular weight is 316 g/mol. The van der Waals surface area contributed by atoms with E-state index in [1.807, 2.05) is 6.20 Å². The molecule has 2 unspecified atom stereocenters. The summed E-state index contributed by atoms with van der Waals surface area (Å²) in [6.45, 7) is 10.2. The van der Waals surface area contributed by atoms with Crippen LogP contribution in [0.4, 0.5) is 0 Å². The summed E-state index contributed by atoms with van der Waals surface area (Å²) in [4.78, 5) is 7.17. The minimum Gasteiger partial charge on any atom is -0.297 e. The van der Waals surface area contributed by atoms with Crippen molar-refractivity contribution in [1.82, 2.24) is 20.7 Å². The quantitative estimate of drug-likeness (QED) is 0.876. The lowest BCUT2D eigenvalue weighted by atomic mass is 9.85. The topological polar surface area (TPSA) is 40.2 Å². The standard InChI is InChI=1S/C19H32N4/c1-4-15-5-6-17(20-12-15)13-23-9-7-16(8-10-23)19-11-18(14(2)3)21-22-19/h5-6,12,14,16,18-19,21-22H,4,7-11,13H2,1-3H3. The molecule has 128 valence electrons. The fraction of sp³-hybridized carbons (Fsp3) is 0.737. The fourth-order valence-electron chi connectivity index (χ4n) is 3.85. The molecule has 0 bridgehead atoms. The number of hydrazine groups is 1. The van der Waals surface area contributed by atoms with Crippen LogP contribution in [0.2, 0.25) is 0 Å². The molecule has 0 radical (unpaired) electrons. The highest BCUT2D eigenvalue weighted by atomic mass is 15.4. The number of hydrogen-bond acceptors (Lipinski definition) is 4. The minimum atomic E-state index is 0.638. The summed E-state index contributed by atoms with van der Waals surface area (Å²) in [5.41, 5.74) is 9.58. The number of nitrogens with one attached hydrogen (secondary N) is 2. The molecule has 4 heteroatoms. The average Bonchev–Trinajstić information content (AvgIpc) is 3.07. The maximum absolute atomic E-state index is 4.61. The maximum Gasteiger partial charge on any atom is 0.0544 e. The Hall–Kier alpha value is -0.970. The maximum atomic E-state index is 4.61. The molecule has 0 spiro atoms. The van der Waals surface area contributed by atoms with E-state index < -0.39 is 0 Å². The van der Waals surface area contributed by atoms with Crippen LogP contribution in [-0.4, -0.2) is 35.1 Å². The first-order valence-electron chi connectivity index (χ1n) is 9.33. The van der Waals surface area contributed by atoms with Crippen LogP contribution in [0, 0.1) is 11.8 Å². The van der Waals surface area contributed by atoms with Crippen LogP contribution in [0.25, 0.3) is 0 Å². The molecule has 3 rings (SSSR count). The van der Waals surface area contributed by atoms with Crippen LogP contribution in [0.5, 0.6) is 0 Å². The number of pyridine rings is 1. The molecule has 23 heavy (non-hydrogen) atoms. The van der Waals surface area contributed by atoms with Gasteiger partial charge in [0.2, 0.25) is 0 Å². The Morgan fingerprint density at radius 3 is 2.57 bits per heavy atom. The molecule has 0 aromatic carbocycles. The molecule has 2 N–H and O–H groups in total. The predicted molar refractivity (Wildman–Crippen MR) is 94.9 cm³/mol. The van der Waals surface area contributed by atoms with Crippen molar-refractivity contribution in [2.45, 2.75) is 65.1 Å². The van der Waals surface area contributed by atoms with Gasteiger partial charge in [-0.1, -0.05) is 26.8 Å². The summed E-state index contributed by atoms with van der Waals surface area (Å²) < 4.78 is 0. The van der Waals surface area contributed by atoms with Gasteiger partial charge in [0, 0.05) is 24.8 Å². The van der Waals surface area contributed by atoms with Gasteiger partial charge in [-0.3, -0.25) is 20.7 Å². The van der Waals surface area contributed by atoms with Crippen molar-refractivity contribution in [2.75, 3.05) is 13.1 Å². The zero-order valence-corrected chi connectivity index (χ0v) is 14.9. The Morgan fingerprint density at radius 2 is 2.00 bits per heavy atom. The van der Waals surface area contributed by atoms with Crippen LogP contribution in [0.15, 0.2) is 18.3 Å². The van der Waals surface area contributed by atoms with Gasteiger partial charge in [0.05, 0.1) is 5.69 Å². The monoisotopic (exact) mass is 316 g/mol. The minimum absolute atomic E-state index is 0.638. The zero-order chi connectivity index (χ0) is 16.2. The van der Waals surface area contributed by atoms with E-state index in [0.29, 0.717) is 18.0 Å². The summed E-state index contributed by atoms with van der Waals surface area (Å²) in [6, 6.07) is 5.71. The Morgan fingerprint density at radius 1 is 1.22 bits per heavy atom. The third-order valence-corrected chi connectivity index (χ3v) is 5.65. The molecular weight excluding hydrogens is 284 g/mol. The molecule has 2 aliphatic rings. The summed E-state index contributed by atoms with van der Waals surface area (Å²) in [5, 5.41) is 0. The van der Waals surface area contributed by atoms with Gasteiger partial charge in [-0.05, 0) is 62.2 Å². The molecule has 2 saturated heterocycles. The second-order valence-electron chi connectivity index (χ2n) is 7.61. The van der Waals surface area contributed by atoms with Gasteiger partial charge in [-0.2, -0.15) is 0 Å². The lowest BCUT2D eigenvalue weighted by Crippen LogP contribution is -2.43. The van der Waals surface area contributed by atoms with Gasteiger partial charge in [0.15, 0.2) is 0 Å². The number of aromatic nitrogens is 1. The SMILES string of the molecule is CCc1ccc(CN2CCC(C3CC(C(C)C)NN3)CC2)nc1. The van der Waals surface area contributed by atoms with E-state index in [9.17, 15) is 0 Å². The summed E-state index contributed by atoms with van der Waals surface area (Å²) in [6.07, 6.45) is 6.98. The van der Waals surface area contributed by atoms with Gasteiger partial charge < -0.3 is 0 Å². The molecular formula is C19H32N4. The molecule has 2 fully saturated rings. The molecule has 3 heterocycles. The van der Waals surface area contributed by atoms with Crippen molar-refractivity contribution in [2.24, 2.45) is 11.8 Å². The number of hydrogen-bond donors (Lipinski definition) is 2. The van der Waals surface area contributed by atoms with Crippen LogP contribution in [0.3, 0.4) is 0 Å². The second kappa shape index (κ2) is 7.73. The van der Waals surface area contributed by atoms with Gasteiger partial charge in [-0.15, -0.1) is 0 Å². The van der Waals surface area contributed by atoms with Crippen LogP contribution < -0.4 is 10.9 Å². The van der Waals surface area contributed by atoms with E-state index in [1.165, 1.54) is 43.6 Å². The fourth-order valence-corrected chi connectivity index (χ4v) is 3.85. The number of rotatable bonds is 5. The van der Waals surface area contributed by atoms with Gasteiger partial charge >= 0.3 is 0 Å². The van der Waals surface area contributed by atoms with E-state index >= 15 is 0 Å². The summed E-state index contributed by atoms with van der Waals surface area (Å²) in [7, 11) is 0. The van der Waals surface area contributed by atoms with Gasteiger partial charge in [-0.25, -0.2) is 0 Å². The molecule has 1 aromatic heterocycles. The Labute approximate surface area is 141 Å². The molecule has 0 aliphatic carbocycles.